The van der Waals surface area contributed by atoms with Crippen molar-refractivity contribution in [2.45, 2.75) is 30.3 Å². The van der Waals surface area contributed by atoms with Gasteiger partial charge in [-0.1, -0.05) is 0 Å². The van der Waals surface area contributed by atoms with Crippen molar-refractivity contribution in [3.05, 3.63) is 0 Å². The highest BCUT2D eigenvalue weighted by Crippen LogP contribution is 2.53. The standard InChI is InChI=1S/C9H12O5S/c1-9(2)7(8(11)12)6-4(10)3-5(6)15(9,13)14/h5-7H,3H2,1-2H3,(H,11,12)/t5-,6?,7+/m1/s1. The van der Waals surface area contributed by atoms with Crippen LogP contribution < -0.4 is 0 Å². The van der Waals surface area contributed by atoms with Crippen LogP contribution in [0.5, 0.6) is 0 Å². The van der Waals surface area contributed by atoms with E-state index in [4.69, 9.17) is 5.11 Å². The summed E-state index contributed by atoms with van der Waals surface area (Å²) >= 11 is 0. The molecule has 1 heterocycles. The molecule has 0 aromatic carbocycles. The summed E-state index contributed by atoms with van der Waals surface area (Å²) in [6.45, 7) is 2.79. The maximum absolute atomic E-state index is 11.9. The fourth-order valence-corrected chi connectivity index (χ4v) is 5.12. The van der Waals surface area contributed by atoms with Crippen molar-refractivity contribution in [1.82, 2.24) is 0 Å². The summed E-state index contributed by atoms with van der Waals surface area (Å²) in [5.41, 5.74) is 0. The van der Waals surface area contributed by atoms with Crippen molar-refractivity contribution in [3.8, 4) is 0 Å². The van der Waals surface area contributed by atoms with Crippen molar-refractivity contribution in [2.24, 2.45) is 11.8 Å². The van der Waals surface area contributed by atoms with Gasteiger partial charge in [-0.05, 0) is 13.8 Å². The largest absolute Gasteiger partial charge is 0.481 e. The summed E-state index contributed by atoms with van der Waals surface area (Å²) in [7, 11) is -3.49. The average molecular weight is 232 g/mol. The van der Waals surface area contributed by atoms with Crippen LogP contribution in [0.25, 0.3) is 0 Å². The molecule has 1 unspecified atom stereocenters. The van der Waals surface area contributed by atoms with Crippen molar-refractivity contribution in [3.63, 3.8) is 0 Å². The van der Waals surface area contributed by atoms with Crippen LogP contribution in [0.3, 0.4) is 0 Å². The third-order valence-electron chi connectivity index (χ3n) is 3.68. The number of ketones is 1. The van der Waals surface area contributed by atoms with Crippen LogP contribution in [-0.2, 0) is 19.4 Å². The van der Waals surface area contributed by atoms with Crippen molar-refractivity contribution < 1.29 is 23.1 Å². The number of carboxylic acid groups (broad SMARTS) is 1. The molecule has 15 heavy (non-hydrogen) atoms. The molecule has 1 saturated carbocycles. The van der Waals surface area contributed by atoms with Gasteiger partial charge < -0.3 is 5.11 Å². The molecule has 0 spiro atoms. The molecule has 6 heteroatoms. The predicted octanol–water partition coefficient (Wildman–Crippen LogP) is -0.148. The summed E-state index contributed by atoms with van der Waals surface area (Å²) < 4.78 is 22.5. The van der Waals surface area contributed by atoms with Crippen LogP contribution in [0, 0.1) is 11.8 Å². The predicted molar refractivity (Wildman–Crippen MR) is 51.0 cm³/mol. The minimum absolute atomic E-state index is 0.0137. The zero-order valence-corrected chi connectivity index (χ0v) is 9.24. The van der Waals surface area contributed by atoms with Gasteiger partial charge in [0.2, 0.25) is 0 Å². The molecule has 0 aromatic heterocycles. The molecule has 1 N–H and O–H groups in total. The van der Waals surface area contributed by atoms with Crippen LogP contribution in [0.4, 0.5) is 0 Å². The highest BCUT2D eigenvalue weighted by atomic mass is 32.2. The summed E-state index contributed by atoms with van der Waals surface area (Å²) in [6.07, 6.45) is -0.0137. The van der Waals surface area contributed by atoms with Crippen molar-refractivity contribution >= 4 is 21.6 Å². The molecule has 0 radical (unpaired) electrons. The number of rotatable bonds is 1. The first-order valence-electron chi connectivity index (χ1n) is 4.70. The third-order valence-corrected chi connectivity index (χ3v) is 6.66. The molecule has 2 rings (SSSR count). The van der Waals surface area contributed by atoms with Crippen LogP contribution in [0.15, 0.2) is 0 Å². The number of hydrogen-bond donors (Lipinski definition) is 1. The van der Waals surface area contributed by atoms with Crippen LogP contribution >= 0.6 is 0 Å². The maximum atomic E-state index is 11.9. The van der Waals surface area contributed by atoms with Gasteiger partial charge >= 0.3 is 5.97 Å². The lowest BCUT2D eigenvalue weighted by Crippen LogP contribution is -2.45. The Bertz CT molecular complexity index is 447. The van der Waals surface area contributed by atoms with E-state index in [-0.39, 0.29) is 12.2 Å². The molecular weight excluding hydrogens is 220 g/mol. The van der Waals surface area contributed by atoms with E-state index in [1.165, 1.54) is 13.8 Å². The number of carboxylic acids is 1. The van der Waals surface area contributed by atoms with Crippen molar-refractivity contribution in [1.29, 1.82) is 0 Å². The first-order chi connectivity index (χ1) is 6.71. The summed E-state index contributed by atoms with van der Waals surface area (Å²) in [5, 5.41) is 8.24. The van der Waals surface area contributed by atoms with E-state index in [1.807, 2.05) is 0 Å². The minimum Gasteiger partial charge on any atom is -0.481 e. The Morgan fingerprint density at radius 2 is 2.00 bits per heavy atom. The van der Waals surface area contributed by atoms with Gasteiger partial charge in [-0.3, -0.25) is 9.59 Å². The highest BCUT2D eigenvalue weighted by molar-refractivity contribution is 7.93. The Labute approximate surface area is 87.4 Å². The monoisotopic (exact) mass is 232 g/mol. The molecule has 3 atom stereocenters. The molecule has 0 bridgehead atoms. The number of Topliss-reactive ketones (excluding diaryl/α,β-unsaturated/α-hetero) is 1. The zero-order valence-electron chi connectivity index (χ0n) is 8.43. The van der Waals surface area contributed by atoms with E-state index >= 15 is 0 Å². The fourth-order valence-electron chi connectivity index (χ4n) is 2.66. The third kappa shape index (κ3) is 1.00. The van der Waals surface area contributed by atoms with Gasteiger partial charge in [0.1, 0.15) is 5.78 Å². The van der Waals surface area contributed by atoms with Gasteiger partial charge in [-0.15, -0.1) is 0 Å². The van der Waals surface area contributed by atoms with Crippen LogP contribution in [-0.4, -0.2) is 35.3 Å². The second-order valence-electron chi connectivity index (χ2n) is 4.70. The second kappa shape index (κ2) is 2.61. The van der Waals surface area contributed by atoms with Crippen molar-refractivity contribution in [2.75, 3.05) is 0 Å². The highest BCUT2D eigenvalue weighted by Gasteiger charge is 2.69. The van der Waals surface area contributed by atoms with Gasteiger partial charge in [-0.25, -0.2) is 8.42 Å². The topological polar surface area (TPSA) is 88.5 Å². The molecule has 1 saturated heterocycles. The summed E-state index contributed by atoms with van der Waals surface area (Å²) in [4.78, 5) is 22.3. The minimum atomic E-state index is -3.49. The Hall–Kier alpha value is -0.910. The Morgan fingerprint density at radius 1 is 1.47 bits per heavy atom. The Balaban J connectivity index is 2.57. The lowest BCUT2D eigenvalue weighted by molar-refractivity contribution is -0.149. The van der Waals surface area contributed by atoms with E-state index in [0.29, 0.717) is 0 Å². The van der Waals surface area contributed by atoms with Gasteiger partial charge in [0, 0.05) is 12.3 Å². The quantitative estimate of drug-likeness (QED) is 0.679. The number of carbonyl (C=O) groups is 2. The first kappa shape index (κ1) is 10.6. The van der Waals surface area contributed by atoms with E-state index in [2.05, 4.69) is 0 Å². The maximum Gasteiger partial charge on any atom is 0.308 e. The second-order valence-corrected chi connectivity index (χ2v) is 7.45. The molecule has 0 amide bonds. The van der Waals surface area contributed by atoms with Gasteiger partial charge in [-0.2, -0.15) is 0 Å². The Morgan fingerprint density at radius 3 is 2.33 bits per heavy atom. The number of hydrogen-bond acceptors (Lipinski definition) is 4. The molecule has 1 aliphatic carbocycles. The smallest absolute Gasteiger partial charge is 0.308 e. The molecule has 1 aliphatic heterocycles. The zero-order chi connectivity index (χ0) is 11.6. The lowest BCUT2D eigenvalue weighted by atomic mass is 9.70. The molecule has 84 valence electrons. The van der Waals surface area contributed by atoms with E-state index in [1.54, 1.807) is 0 Å². The van der Waals surface area contributed by atoms with E-state index in [9.17, 15) is 18.0 Å². The summed E-state index contributed by atoms with van der Waals surface area (Å²) in [5.74, 6) is -3.33. The SMILES string of the molecule is CC1(C)[C@H](C(=O)O)C2C(=O)C[C@H]2S1(=O)=O. The Kier molecular flexibility index (Phi) is 1.84. The summed E-state index contributed by atoms with van der Waals surface area (Å²) in [6, 6.07) is 0. The number of carbonyl (C=O) groups excluding carboxylic acids is 1. The fraction of sp³-hybridized carbons (Fsp3) is 0.778. The lowest BCUT2D eigenvalue weighted by Gasteiger charge is -2.28. The number of sulfone groups is 1. The molecule has 2 aliphatic rings. The van der Waals surface area contributed by atoms with Crippen LogP contribution in [0.1, 0.15) is 20.3 Å². The van der Waals surface area contributed by atoms with Gasteiger partial charge in [0.05, 0.1) is 15.9 Å². The van der Waals surface area contributed by atoms with Gasteiger partial charge in [0.15, 0.2) is 9.84 Å². The molecule has 2 fully saturated rings. The normalized spacial score (nSPS) is 40.7. The van der Waals surface area contributed by atoms with Crippen LogP contribution in [0.2, 0.25) is 0 Å². The molecule has 0 aromatic rings. The molecule has 5 nitrogen and oxygen atoms in total. The van der Waals surface area contributed by atoms with E-state index in [0.717, 1.165) is 0 Å². The van der Waals surface area contributed by atoms with Gasteiger partial charge in [0.25, 0.3) is 0 Å². The number of fused-ring (bicyclic) bond motifs is 1. The van der Waals surface area contributed by atoms with E-state index < -0.39 is 37.6 Å². The number of aliphatic carboxylic acids is 1. The molecular formula is C9H12O5S. The first-order valence-corrected chi connectivity index (χ1v) is 6.25. The average Bonchev–Trinajstić information content (AvgIpc) is 2.19.